The van der Waals surface area contributed by atoms with E-state index in [2.05, 4.69) is 10.4 Å². The zero-order valence-corrected chi connectivity index (χ0v) is 19.1. The maximum Gasteiger partial charge on any atom is 0.269 e. The summed E-state index contributed by atoms with van der Waals surface area (Å²) in [5, 5.41) is 18.1. The van der Waals surface area contributed by atoms with E-state index >= 15 is 0 Å². The molecule has 1 atom stereocenters. The third-order valence-corrected chi connectivity index (χ3v) is 6.45. The molecule has 178 valence electrons. The van der Waals surface area contributed by atoms with Gasteiger partial charge in [-0.1, -0.05) is 12.1 Å². The zero-order chi connectivity index (χ0) is 24.9. The lowest BCUT2D eigenvalue weighted by atomic mass is 9.98. The van der Waals surface area contributed by atoms with E-state index in [4.69, 9.17) is 0 Å². The minimum Gasteiger partial charge on any atom is -0.309 e. The summed E-state index contributed by atoms with van der Waals surface area (Å²) in [6.45, 7) is 3.29. The van der Waals surface area contributed by atoms with Crippen molar-refractivity contribution in [1.82, 2.24) is 14.7 Å². The van der Waals surface area contributed by atoms with Gasteiger partial charge in [0.2, 0.25) is 11.8 Å². The lowest BCUT2D eigenvalue weighted by Gasteiger charge is -2.48. The van der Waals surface area contributed by atoms with Gasteiger partial charge in [0.05, 0.1) is 27.6 Å². The molecule has 2 aliphatic rings. The molecule has 3 heterocycles. The molecule has 1 unspecified atom stereocenters. The SMILES string of the molecule is Cc1cc(NC(=O)CN2C(=O)c3ccccc3N3C(=O)CCC23C)n(-c2ccc([N+](=O)[O-])cc2)n1. The average molecular weight is 474 g/mol. The van der Waals surface area contributed by atoms with Crippen molar-refractivity contribution >= 4 is 34.9 Å². The number of carbonyl (C=O) groups excluding carboxylic acids is 3. The fraction of sp³-hybridized carbons (Fsp3) is 0.250. The fourth-order valence-electron chi connectivity index (χ4n) is 4.77. The number of nitro groups is 1. The van der Waals surface area contributed by atoms with Gasteiger partial charge in [-0.05, 0) is 44.5 Å². The second kappa shape index (κ2) is 8.05. The standard InChI is InChI=1S/C24H22N6O5/c1-15-13-20(29(26-15)16-7-9-17(10-8-16)30(34)35)25-21(31)14-27-23(33)18-5-3-4-6-19(18)28-22(32)11-12-24(27,28)2/h3-10,13H,11-12,14H2,1-2H3,(H,25,31). The molecule has 0 bridgehead atoms. The predicted molar refractivity (Wildman–Crippen MR) is 126 cm³/mol. The number of para-hydroxylation sites is 1. The van der Waals surface area contributed by atoms with Gasteiger partial charge in [-0.3, -0.25) is 29.4 Å². The van der Waals surface area contributed by atoms with Gasteiger partial charge in [-0.25, -0.2) is 4.68 Å². The van der Waals surface area contributed by atoms with Crippen molar-refractivity contribution in [2.75, 3.05) is 16.8 Å². The van der Waals surface area contributed by atoms with Crippen LogP contribution in [0.1, 0.15) is 35.8 Å². The van der Waals surface area contributed by atoms with Crippen molar-refractivity contribution in [1.29, 1.82) is 0 Å². The van der Waals surface area contributed by atoms with Crippen molar-refractivity contribution in [3.8, 4) is 5.69 Å². The first-order chi connectivity index (χ1) is 16.7. The number of carbonyl (C=O) groups is 3. The van der Waals surface area contributed by atoms with Crippen LogP contribution in [0, 0.1) is 17.0 Å². The van der Waals surface area contributed by atoms with Crippen LogP contribution in [0.2, 0.25) is 0 Å². The monoisotopic (exact) mass is 474 g/mol. The van der Waals surface area contributed by atoms with E-state index in [-0.39, 0.29) is 30.5 Å². The highest BCUT2D eigenvalue weighted by Crippen LogP contribution is 2.43. The molecule has 1 aromatic heterocycles. The van der Waals surface area contributed by atoms with Crippen LogP contribution in [-0.4, -0.2) is 49.5 Å². The molecule has 35 heavy (non-hydrogen) atoms. The molecule has 2 aromatic carbocycles. The number of nitrogens with zero attached hydrogens (tertiary/aromatic N) is 5. The van der Waals surface area contributed by atoms with E-state index in [0.717, 1.165) is 0 Å². The Kier molecular flexibility index (Phi) is 5.12. The molecule has 1 N–H and O–H groups in total. The number of benzene rings is 2. The number of fused-ring (bicyclic) bond motifs is 3. The van der Waals surface area contributed by atoms with Gasteiger partial charge >= 0.3 is 0 Å². The number of non-ortho nitro benzene ring substituents is 1. The second-order valence-electron chi connectivity index (χ2n) is 8.76. The quantitative estimate of drug-likeness (QED) is 0.447. The zero-order valence-electron chi connectivity index (χ0n) is 19.1. The number of rotatable bonds is 5. The molecular weight excluding hydrogens is 452 g/mol. The average Bonchev–Trinajstić information content (AvgIpc) is 3.35. The van der Waals surface area contributed by atoms with Crippen molar-refractivity contribution in [2.45, 2.75) is 32.4 Å². The first-order valence-electron chi connectivity index (χ1n) is 11.0. The Labute approximate surface area is 200 Å². The van der Waals surface area contributed by atoms with Crippen LogP contribution in [0.25, 0.3) is 5.69 Å². The van der Waals surface area contributed by atoms with Gasteiger partial charge < -0.3 is 10.2 Å². The van der Waals surface area contributed by atoms with E-state index in [1.807, 2.05) is 0 Å². The number of amides is 3. The first kappa shape index (κ1) is 22.3. The Morgan fingerprint density at radius 2 is 1.89 bits per heavy atom. The third kappa shape index (κ3) is 3.61. The number of hydrogen-bond donors (Lipinski definition) is 1. The topological polar surface area (TPSA) is 131 Å². The van der Waals surface area contributed by atoms with E-state index in [9.17, 15) is 24.5 Å². The van der Waals surface area contributed by atoms with Crippen LogP contribution in [0.15, 0.2) is 54.6 Å². The number of hydrogen-bond acceptors (Lipinski definition) is 6. The van der Waals surface area contributed by atoms with Gasteiger partial charge in [-0.2, -0.15) is 5.10 Å². The molecule has 3 amide bonds. The molecular formula is C24H22N6O5. The molecule has 1 fully saturated rings. The maximum atomic E-state index is 13.4. The molecule has 11 nitrogen and oxygen atoms in total. The predicted octanol–water partition coefficient (Wildman–Crippen LogP) is 3.03. The van der Waals surface area contributed by atoms with Crippen molar-refractivity contribution in [2.24, 2.45) is 0 Å². The Morgan fingerprint density at radius 3 is 2.60 bits per heavy atom. The first-order valence-corrected chi connectivity index (χ1v) is 11.0. The minimum atomic E-state index is -0.950. The van der Waals surface area contributed by atoms with Crippen LogP contribution in [0.5, 0.6) is 0 Å². The lowest BCUT2D eigenvalue weighted by molar-refractivity contribution is -0.384. The molecule has 0 spiro atoms. The van der Waals surface area contributed by atoms with Crippen molar-refractivity contribution in [3.63, 3.8) is 0 Å². The molecule has 0 aliphatic carbocycles. The highest BCUT2D eigenvalue weighted by molar-refractivity contribution is 6.11. The summed E-state index contributed by atoms with van der Waals surface area (Å²) >= 11 is 0. The summed E-state index contributed by atoms with van der Waals surface area (Å²) in [6.07, 6.45) is 0.696. The highest BCUT2D eigenvalue weighted by atomic mass is 16.6. The van der Waals surface area contributed by atoms with Crippen LogP contribution in [0.4, 0.5) is 17.2 Å². The number of nitrogens with one attached hydrogen (secondary N) is 1. The molecule has 11 heteroatoms. The number of aromatic nitrogens is 2. The van der Waals surface area contributed by atoms with Crippen LogP contribution < -0.4 is 10.2 Å². The Balaban J connectivity index is 1.42. The van der Waals surface area contributed by atoms with Crippen LogP contribution in [0.3, 0.4) is 0 Å². The van der Waals surface area contributed by atoms with E-state index < -0.39 is 16.5 Å². The summed E-state index contributed by atoms with van der Waals surface area (Å²) in [4.78, 5) is 52.7. The van der Waals surface area contributed by atoms with Gasteiger partial charge in [0.25, 0.3) is 11.6 Å². The van der Waals surface area contributed by atoms with Gasteiger partial charge in [0, 0.05) is 24.6 Å². The fourth-order valence-corrected chi connectivity index (χ4v) is 4.77. The Hall–Kier alpha value is -4.54. The molecule has 2 aliphatic heterocycles. The number of aryl methyl sites for hydroxylation is 1. The third-order valence-electron chi connectivity index (χ3n) is 6.45. The second-order valence-corrected chi connectivity index (χ2v) is 8.76. The maximum absolute atomic E-state index is 13.4. The smallest absolute Gasteiger partial charge is 0.269 e. The van der Waals surface area contributed by atoms with Crippen LogP contribution in [-0.2, 0) is 9.59 Å². The van der Waals surface area contributed by atoms with Gasteiger partial charge in [0.15, 0.2) is 0 Å². The summed E-state index contributed by atoms with van der Waals surface area (Å²) in [5.74, 6) is -0.508. The summed E-state index contributed by atoms with van der Waals surface area (Å²) in [5.41, 5.74) is 1.08. The minimum absolute atomic E-state index is 0.0592. The molecule has 5 rings (SSSR count). The number of nitro benzene ring substituents is 1. The molecule has 0 radical (unpaired) electrons. The summed E-state index contributed by atoms with van der Waals surface area (Å²) in [6, 6.07) is 14.4. The normalized spacial score (nSPS) is 18.9. The van der Waals surface area contributed by atoms with Crippen LogP contribution >= 0.6 is 0 Å². The Bertz CT molecular complexity index is 1380. The largest absolute Gasteiger partial charge is 0.309 e. The lowest BCUT2D eigenvalue weighted by Crippen LogP contribution is -2.63. The molecule has 1 saturated heterocycles. The van der Waals surface area contributed by atoms with E-state index in [1.54, 1.807) is 49.1 Å². The number of anilines is 2. The highest BCUT2D eigenvalue weighted by Gasteiger charge is 2.53. The summed E-state index contributed by atoms with van der Waals surface area (Å²) in [7, 11) is 0. The van der Waals surface area contributed by atoms with E-state index in [1.165, 1.54) is 33.8 Å². The van der Waals surface area contributed by atoms with Gasteiger partial charge in [-0.15, -0.1) is 0 Å². The molecule has 0 saturated carbocycles. The van der Waals surface area contributed by atoms with E-state index in [0.29, 0.717) is 34.9 Å². The molecule has 3 aromatic rings. The van der Waals surface area contributed by atoms with Crippen molar-refractivity contribution < 1.29 is 19.3 Å². The van der Waals surface area contributed by atoms with Crippen molar-refractivity contribution in [3.05, 3.63) is 76.0 Å². The summed E-state index contributed by atoms with van der Waals surface area (Å²) < 4.78 is 1.47. The van der Waals surface area contributed by atoms with Gasteiger partial charge in [0.1, 0.15) is 18.0 Å². The Morgan fingerprint density at radius 1 is 1.17 bits per heavy atom.